The molecule has 3 heterocycles. The van der Waals surface area contributed by atoms with E-state index in [4.69, 9.17) is 5.73 Å². The summed E-state index contributed by atoms with van der Waals surface area (Å²) in [5.41, 5.74) is 8.18. The Morgan fingerprint density at radius 1 is 1.17 bits per heavy atom. The first-order valence-corrected chi connectivity index (χ1v) is 10.3. The lowest BCUT2D eigenvalue weighted by molar-refractivity contribution is 0.151. The fourth-order valence-electron chi connectivity index (χ4n) is 3.73. The summed E-state index contributed by atoms with van der Waals surface area (Å²) in [7, 11) is 0. The van der Waals surface area contributed by atoms with E-state index in [1.807, 2.05) is 42.8 Å². The summed E-state index contributed by atoms with van der Waals surface area (Å²) < 4.78 is 29.2. The Labute approximate surface area is 174 Å². The number of benzene rings is 1. The van der Waals surface area contributed by atoms with Crippen molar-refractivity contribution in [2.24, 2.45) is 5.73 Å². The van der Waals surface area contributed by atoms with Crippen molar-refractivity contribution in [2.75, 3.05) is 13.1 Å². The van der Waals surface area contributed by atoms with Gasteiger partial charge in [-0.05, 0) is 62.2 Å². The van der Waals surface area contributed by atoms with E-state index < -0.39 is 6.43 Å². The maximum absolute atomic E-state index is 13.6. The molecule has 0 atom stereocenters. The van der Waals surface area contributed by atoms with Crippen molar-refractivity contribution in [2.45, 2.75) is 51.7 Å². The summed E-state index contributed by atoms with van der Waals surface area (Å²) in [5, 5.41) is 12.4. The second-order valence-electron chi connectivity index (χ2n) is 8.12. The third-order valence-electron chi connectivity index (χ3n) is 5.47. The first-order valence-electron chi connectivity index (χ1n) is 10.3. The predicted molar refractivity (Wildman–Crippen MR) is 110 cm³/mol. The van der Waals surface area contributed by atoms with Crippen molar-refractivity contribution in [3.8, 4) is 17.1 Å². The quantitative estimate of drug-likeness (QED) is 0.666. The number of hydrogen-bond donors (Lipinski definition) is 1. The van der Waals surface area contributed by atoms with Crippen LogP contribution in [0.4, 0.5) is 8.78 Å². The van der Waals surface area contributed by atoms with E-state index in [2.05, 4.69) is 20.3 Å². The van der Waals surface area contributed by atoms with Crippen molar-refractivity contribution in [1.82, 2.24) is 29.7 Å². The zero-order chi connectivity index (χ0) is 21.3. The van der Waals surface area contributed by atoms with Crippen molar-refractivity contribution in [1.29, 1.82) is 0 Å². The number of aromatic nitrogens is 5. The molecule has 4 rings (SSSR count). The van der Waals surface area contributed by atoms with E-state index in [0.29, 0.717) is 17.1 Å². The van der Waals surface area contributed by atoms with Gasteiger partial charge in [0.15, 0.2) is 0 Å². The fourth-order valence-corrected chi connectivity index (χ4v) is 3.73. The van der Waals surface area contributed by atoms with Gasteiger partial charge in [-0.3, -0.25) is 4.90 Å². The Hall–Kier alpha value is -2.65. The summed E-state index contributed by atoms with van der Waals surface area (Å²) in [5.74, 6) is 0.339. The molecule has 0 unspecified atom stereocenters. The topological polar surface area (TPSA) is 77.8 Å². The molecule has 0 radical (unpaired) electrons. The van der Waals surface area contributed by atoms with Crippen LogP contribution in [0.3, 0.4) is 0 Å². The minimum Gasteiger partial charge on any atom is -0.328 e. The second kappa shape index (κ2) is 8.61. The van der Waals surface area contributed by atoms with E-state index in [9.17, 15) is 8.78 Å². The first kappa shape index (κ1) is 20.6. The van der Waals surface area contributed by atoms with Gasteiger partial charge in [0.1, 0.15) is 0 Å². The molecule has 0 saturated carbocycles. The lowest BCUT2D eigenvalue weighted by Crippen LogP contribution is -2.39. The number of piperidine rings is 1. The van der Waals surface area contributed by atoms with Crippen LogP contribution in [0.2, 0.25) is 0 Å². The zero-order valence-corrected chi connectivity index (χ0v) is 17.2. The van der Waals surface area contributed by atoms with Crippen LogP contribution in [0.5, 0.6) is 0 Å². The van der Waals surface area contributed by atoms with E-state index >= 15 is 0 Å². The maximum atomic E-state index is 13.6. The average Bonchev–Trinajstić information content (AvgIpc) is 3.39. The highest BCUT2D eigenvalue weighted by molar-refractivity contribution is 5.60. The van der Waals surface area contributed by atoms with Crippen LogP contribution in [0.25, 0.3) is 17.1 Å². The Bertz CT molecular complexity index is 987. The normalized spacial score (nSPS) is 16.1. The van der Waals surface area contributed by atoms with Gasteiger partial charge < -0.3 is 10.3 Å². The van der Waals surface area contributed by atoms with Gasteiger partial charge in [-0.15, -0.1) is 10.2 Å². The van der Waals surface area contributed by atoms with Gasteiger partial charge in [0.25, 0.3) is 6.43 Å². The molecule has 2 aromatic heterocycles. The number of nitrogens with two attached hydrogens (primary N) is 1. The van der Waals surface area contributed by atoms with Crippen LogP contribution in [0.1, 0.15) is 50.4 Å². The molecular formula is C21H27F2N7. The van der Waals surface area contributed by atoms with Crippen molar-refractivity contribution < 1.29 is 8.78 Å². The van der Waals surface area contributed by atoms with E-state index in [1.165, 1.54) is 16.9 Å². The van der Waals surface area contributed by atoms with Crippen LogP contribution in [0.15, 0.2) is 36.5 Å². The van der Waals surface area contributed by atoms with Crippen LogP contribution in [-0.2, 0) is 6.54 Å². The standard InChI is InChI=1S/C21H27F2N7/c1-14(2)30-26-21(25-27-30)16-10-15(20(22)23)11-19(12-16)29-7-3-4-18(29)13-28-8-5-17(24)6-9-28/h3-4,7,10-12,14,17,20H,5-6,8-9,13,24H2,1-2H3. The number of halogens is 2. The number of rotatable bonds is 6. The minimum atomic E-state index is -2.59. The highest BCUT2D eigenvalue weighted by Crippen LogP contribution is 2.29. The average molecular weight is 415 g/mol. The van der Waals surface area contributed by atoms with Gasteiger partial charge in [0.2, 0.25) is 5.82 Å². The molecule has 1 aromatic carbocycles. The van der Waals surface area contributed by atoms with E-state index in [0.717, 1.165) is 38.2 Å². The summed E-state index contributed by atoms with van der Waals surface area (Å²) in [4.78, 5) is 3.83. The Kier molecular flexibility index (Phi) is 5.92. The molecule has 7 nitrogen and oxygen atoms in total. The number of alkyl halides is 2. The number of nitrogens with zero attached hydrogens (tertiary/aromatic N) is 6. The van der Waals surface area contributed by atoms with Crippen molar-refractivity contribution >= 4 is 0 Å². The molecule has 0 amide bonds. The third kappa shape index (κ3) is 4.41. The smallest absolute Gasteiger partial charge is 0.263 e. The van der Waals surface area contributed by atoms with Crippen LogP contribution >= 0.6 is 0 Å². The first-order chi connectivity index (χ1) is 14.4. The van der Waals surface area contributed by atoms with Crippen LogP contribution < -0.4 is 5.73 Å². The molecule has 1 saturated heterocycles. The molecule has 2 N–H and O–H groups in total. The molecular weight excluding hydrogens is 388 g/mol. The zero-order valence-electron chi connectivity index (χ0n) is 17.2. The van der Waals surface area contributed by atoms with Gasteiger partial charge in [0, 0.05) is 54.4 Å². The molecule has 1 aliphatic heterocycles. The lowest BCUT2D eigenvalue weighted by Gasteiger charge is -2.30. The third-order valence-corrected chi connectivity index (χ3v) is 5.47. The van der Waals surface area contributed by atoms with Gasteiger partial charge >= 0.3 is 0 Å². The molecule has 1 fully saturated rings. The number of hydrogen-bond acceptors (Lipinski definition) is 5. The van der Waals surface area contributed by atoms with Crippen LogP contribution in [-0.4, -0.2) is 48.8 Å². The van der Waals surface area contributed by atoms with Gasteiger partial charge in [0.05, 0.1) is 6.04 Å². The largest absolute Gasteiger partial charge is 0.328 e. The molecule has 0 bridgehead atoms. The minimum absolute atomic E-state index is 0.0396. The Morgan fingerprint density at radius 2 is 1.93 bits per heavy atom. The van der Waals surface area contributed by atoms with Gasteiger partial charge in [-0.25, -0.2) is 8.78 Å². The summed E-state index contributed by atoms with van der Waals surface area (Å²) in [6.07, 6.45) is 1.26. The molecule has 9 heteroatoms. The number of likely N-dealkylation sites (tertiary alicyclic amines) is 1. The van der Waals surface area contributed by atoms with E-state index in [1.54, 1.807) is 0 Å². The summed E-state index contributed by atoms with van der Waals surface area (Å²) in [6.45, 7) is 6.50. The summed E-state index contributed by atoms with van der Waals surface area (Å²) >= 11 is 0. The summed E-state index contributed by atoms with van der Waals surface area (Å²) in [6, 6.07) is 9.07. The number of tetrazole rings is 1. The van der Waals surface area contributed by atoms with Crippen LogP contribution in [0, 0.1) is 0 Å². The molecule has 30 heavy (non-hydrogen) atoms. The maximum Gasteiger partial charge on any atom is 0.263 e. The molecule has 3 aromatic rings. The van der Waals surface area contributed by atoms with E-state index in [-0.39, 0.29) is 17.6 Å². The molecule has 1 aliphatic rings. The van der Waals surface area contributed by atoms with Crippen molar-refractivity contribution in [3.05, 3.63) is 47.8 Å². The molecule has 0 aliphatic carbocycles. The monoisotopic (exact) mass is 415 g/mol. The van der Waals surface area contributed by atoms with Gasteiger partial charge in [-0.2, -0.15) is 4.80 Å². The highest BCUT2D eigenvalue weighted by Gasteiger charge is 2.19. The second-order valence-corrected chi connectivity index (χ2v) is 8.12. The SMILES string of the molecule is CC(C)n1nnc(-c2cc(C(F)F)cc(-n3cccc3CN3CCC(N)CC3)c2)n1. The lowest BCUT2D eigenvalue weighted by atomic mass is 10.1. The predicted octanol–water partition coefficient (Wildman–Crippen LogP) is 3.57. The van der Waals surface area contributed by atoms with Gasteiger partial charge in [-0.1, -0.05) is 0 Å². The highest BCUT2D eigenvalue weighted by atomic mass is 19.3. The Morgan fingerprint density at radius 3 is 2.60 bits per heavy atom. The molecule has 160 valence electrons. The molecule has 0 spiro atoms. The Balaban J connectivity index is 1.67. The van der Waals surface area contributed by atoms with Crippen molar-refractivity contribution in [3.63, 3.8) is 0 Å². The fraction of sp³-hybridized carbons (Fsp3) is 0.476.